The van der Waals surface area contributed by atoms with Crippen LogP contribution in [0, 0.1) is 0 Å². The molecule has 0 radical (unpaired) electrons. The number of hydrogen-bond donors (Lipinski definition) is 2. The van der Waals surface area contributed by atoms with Crippen LogP contribution in [-0.2, 0) is 14.3 Å². The molecule has 4 rings (SSSR count). The van der Waals surface area contributed by atoms with Gasteiger partial charge in [-0.15, -0.1) is 0 Å². The van der Waals surface area contributed by atoms with Crippen LogP contribution in [0.5, 0.6) is 0 Å². The highest BCUT2D eigenvalue weighted by Gasteiger charge is 2.39. The molecule has 2 N–H and O–H groups in total. The second-order valence-corrected chi connectivity index (χ2v) is 9.64. The van der Waals surface area contributed by atoms with Crippen molar-refractivity contribution in [2.75, 3.05) is 15.5 Å². The van der Waals surface area contributed by atoms with Gasteiger partial charge in [-0.1, -0.05) is 40.9 Å². The van der Waals surface area contributed by atoms with Crippen LogP contribution in [0.3, 0.4) is 0 Å². The standard InChI is InChI=1S/C27H20Cl3N3O5/c1-14(2)38-27(37)15-6-9-18(10-7-15)32-24(34)16-4-3-5-19(12-16)31-23-22(30)25(35)33(26(23)36)21-11-8-17(28)13-20(21)29/h3-14,31H,1-2H3,(H,32,34). The molecule has 1 aliphatic rings. The van der Waals surface area contributed by atoms with Crippen LogP contribution in [0.1, 0.15) is 34.6 Å². The summed E-state index contributed by atoms with van der Waals surface area (Å²) in [6.45, 7) is 3.51. The number of benzene rings is 3. The van der Waals surface area contributed by atoms with Crippen molar-refractivity contribution in [3.05, 3.63) is 98.6 Å². The molecule has 38 heavy (non-hydrogen) atoms. The highest BCUT2D eigenvalue weighted by atomic mass is 35.5. The number of rotatable bonds is 7. The molecule has 8 nitrogen and oxygen atoms in total. The van der Waals surface area contributed by atoms with E-state index in [0.29, 0.717) is 22.0 Å². The molecule has 0 fully saturated rings. The van der Waals surface area contributed by atoms with Gasteiger partial charge in [0, 0.05) is 22.0 Å². The summed E-state index contributed by atoms with van der Waals surface area (Å²) in [6.07, 6.45) is -0.246. The molecule has 3 aromatic carbocycles. The van der Waals surface area contributed by atoms with Crippen molar-refractivity contribution in [2.24, 2.45) is 0 Å². The Morgan fingerprint density at radius 3 is 2.21 bits per heavy atom. The average molecular weight is 573 g/mol. The maximum atomic E-state index is 13.1. The van der Waals surface area contributed by atoms with Gasteiger partial charge in [0.1, 0.15) is 10.7 Å². The summed E-state index contributed by atoms with van der Waals surface area (Å²) in [6, 6.07) is 16.9. The van der Waals surface area contributed by atoms with E-state index >= 15 is 0 Å². The van der Waals surface area contributed by atoms with E-state index in [0.717, 1.165) is 4.90 Å². The van der Waals surface area contributed by atoms with E-state index in [9.17, 15) is 19.2 Å². The van der Waals surface area contributed by atoms with Gasteiger partial charge in [0.05, 0.1) is 22.4 Å². The summed E-state index contributed by atoms with van der Waals surface area (Å²) in [5.74, 6) is -2.36. The first-order valence-corrected chi connectivity index (χ1v) is 12.4. The number of anilines is 3. The summed E-state index contributed by atoms with van der Waals surface area (Å²) in [5.41, 5.74) is 1.42. The van der Waals surface area contributed by atoms with Gasteiger partial charge in [-0.05, 0) is 74.5 Å². The zero-order chi connectivity index (χ0) is 27.6. The summed E-state index contributed by atoms with van der Waals surface area (Å²) < 4.78 is 5.15. The lowest BCUT2D eigenvalue weighted by molar-refractivity contribution is -0.120. The zero-order valence-electron chi connectivity index (χ0n) is 20.1. The smallest absolute Gasteiger partial charge is 0.338 e. The maximum Gasteiger partial charge on any atom is 0.338 e. The number of nitrogens with one attached hydrogen (secondary N) is 2. The number of imide groups is 1. The SMILES string of the molecule is CC(C)OC(=O)c1ccc(NC(=O)c2cccc(NC3=C(Cl)C(=O)N(c4ccc(Cl)cc4Cl)C3=O)c2)cc1. The predicted octanol–water partition coefficient (Wildman–Crippen LogP) is 6.25. The van der Waals surface area contributed by atoms with E-state index in [-0.39, 0.29) is 33.1 Å². The third-order valence-corrected chi connectivity index (χ3v) is 6.18. The van der Waals surface area contributed by atoms with Crippen molar-refractivity contribution < 1.29 is 23.9 Å². The van der Waals surface area contributed by atoms with Crippen LogP contribution in [0.15, 0.2) is 77.5 Å². The highest BCUT2D eigenvalue weighted by Crippen LogP contribution is 2.35. The number of hydrogen-bond acceptors (Lipinski definition) is 6. The third-order valence-electron chi connectivity index (χ3n) is 5.29. The van der Waals surface area contributed by atoms with Crippen molar-refractivity contribution in [3.63, 3.8) is 0 Å². The van der Waals surface area contributed by atoms with Crippen LogP contribution in [0.4, 0.5) is 17.1 Å². The quantitative estimate of drug-likeness (QED) is 0.256. The molecule has 0 spiro atoms. The maximum absolute atomic E-state index is 13.1. The zero-order valence-corrected chi connectivity index (χ0v) is 22.3. The Hall–Kier alpha value is -3.85. The number of carbonyl (C=O) groups excluding carboxylic acids is 4. The topological polar surface area (TPSA) is 105 Å². The second kappa shape index (κ2) is 11.3. The summed E-state index contributed by atoms with van der Waals surface area (Å²) in [5, 5.41) is 5.69. The summed E-state index contributed by atoms with van der Waals surface area (Å²) in [7, 11) is 0. The first-order valence-electron chi connectivity index (χ1n) is 11.3. The molecular formula is C27H20Cl3N3O5. The highest BCUT2D eigenvalue weighted by molar-refractivity contribution is 6.54. The number of amides is 3. The molecule has 0 saturated carbocycles. The number of esters is 1. The van der Waals surface area contributed by atoms with E-state index < -0.39 is 23.7 Å². The number of carbonyl (C=O) groups is 4. The van der Waals surface area contributed by atoms with Gasteiger partial charge in [-0.25, -0.2) is 9.69 Å². The Balaban J connectivity index is 1.48. The minimum absolute atomic E-state index is 0.105. The fourth-order valence-corrected chi connectivity index (χ4v) is 4.26. The molecule has 0 atom stereocenters. The van der Waals surface area contributed by atoms with Gasteiger partial charge < -0.3 is 15.4 Å². The Morgan fingerprint density at radius 2 is 1.55 bits per heavy atom. The molecule has 1 heterocycles. The number of nitrogens with zero attached hydrogens (tertiary/aromatic N) is 1. The van der Waals surface area contributed by atoms with Gasteiger partial charge in [-0.2, -0.15) is 0 Å². The fourth-order valence-electron chi connectivity index (χ4n) is 3.55. The van der Waals surface area contributed by atoms with Crippen molar-refractivity contribution in [2.45, 2.75) is 20.0 Å². The first kappa shape index (κ1) is 27.2. The monoisotopic (exact) mass is 571 g/mol. The molecule has 0 unspecified atom stereocenters. The minimum Gasteiger partial charge on any atom is -0.459 e. The molecule has 11 heteroatoms. The number of ether oxygens (including phenoxy) is 1. The van der Waals surface area contributed by atoms with Crippen molar-refractivity contribution in [1.29, 1.82) is 0 Å². The van der Waals surface area contributed by atoms with Crippen LogP contribution in [-0.4, -0.2) is 29.8 Å². The Bertz CT molecular complexity index is 1490. The lowest BCUT2D eigenvalue weighted by Gasteiger charge is -2.16. The predicted molar refractivity (Wildman–Crippen MR) is 147 cm³/mol. The Morgan fingerprint density at radius 1 is 0.842 bits per heavy atom. The van der Waals surface area contributed by atoms with Gasteiger partial charge in [0.25, 0.3) is 17.7 Å². The van der Waals surface area contributed by atoms with Crippen LogP contribution < -0.4 is 15.5 Å². The van der Waals surface area contributed by atoms with Gasteiger partial charge >= 0.3 is 5.97 Å². The summed E-state index contributed by atoms with van der Waals surface area (Å²) in [4.78, 5) is 51.5. The van der Waals surface area contributed by atoms with E-state index in [1.807, 2.05) is 0 Å². The molecular weight excluding hydrogens is 553 g/mol. The van der Waals surface area contributed by atoms with E-state index in [1.165, 1.54) is 24.3 Å². The lowest BCUT2D eigenvalue weighted by Crippen LogP contribution is -2.32. The van der Waals surface area contributed by atoms with E-state index in [2.05, 4.69) is 10.6 Å². The van der Waals surface area contributed by atoms with E-state index in [1.54, 1.807) is 56.3 Å². The Kier molecular flexibility index (Phi) is 8.06. The van der Waals surface area contributed by atoms with Crippen molar-refractivity contribution in [3.8, 4) is 0 Å². The molecule has 0 bridgehead atoms. The number of halogens is 3. The molecule has 3 aromatic rings. The normalized spacial score (nSPS) is 13.3. The molecule has 0 aromatic heterocycles. The summed E-state index contributed by atoms with van der Waals surface area (Å²) >= 11 is 18.3. The first-order chi connectivity index (χ1) is 18.0. The third kappa shape index (κ3) is 5.83. The lowest BCUT2D eigenvalue weighted by atomic mass is 10.1. The van der Waals surface area contributed by atoms with Crippen LogP contribution >= 0.6 is 34.8 Å². The molecule has 0 saturated heterocycles. The van der Waals surface area contributed by atoms with Gasteiger partial charge in [0.2, 0.25) is 0 Å². The fraction of sp³-hybridized carbons (Fsp3) is 0.111. The molecule has 3 amide bonds. The molecule has 0 aliphatic carbocycles. The van der Waals surface area contributed by atoms with E-state index in [4.69, 9.17) is 39.5 Å². The van der Waals surface area contributed by atoms with Crippen molar-refractivity contribution >= 4 is 75.6 Å². The molecule has 194 valence electrons. The van der Waals surface area contributed by atoms with Crippen LogP contribution in [0.2, 0.25) is 10.0 Å². The largest absolute Gasteiger partial charge is 0.459 e. The van der Waals surface area contributed by atoms with Crippen molar-refractivity contribution in [1.82, 2.24) is 0 Å². The van der Waals surface area contributed by atoms with Crippen LogP contribution in [0.25, 0.3) is 0 Å². The molecule has 1 aliphatic heterocycles. The van der Waals surface area contributed by atoms with Gasteiger partial charge in [-0.3, -0.25) is 14.4 Å². The van der Waals surface area contributed by atoms with Gasteiger partial charge in [0.15, 0.2) is 0 Å². The second-order valence-electron chi connectivity index (χ2n) is 8.42. The average Bonchev–Trinajstić information content (AvgIpc) is 3.07. The Labute approximate surface area is 233 Å². The minimum atomic E-state index is -0.752.